The Kier molecular flexibility index (Phi) is 5.71. The van der Waals surface area contributed by atoms with Crippen LogP contribution in [0, 0.1) is 0 Å². The van der Waals surface area contributed by atoms with Crippen molar-refractivity contribution in [3.63, 3.8) is 0 Å². The molecule has 4 N–H and O–H groups in total. The molecule has 9 heteroatoms. The number of hydrogen-bond acceptors (Lipinski definition) is 4. The molecule has 0 radical (unpaired) electrons. The van der Waals surface area contributed by atoms with Crippen LogP contribution in [0.2, 0.25) is 0 Å². The SMILES string of the molecule is CN(CCC(=O)O)S(=O)(=O)NC(C)(C)CC(N)=O. The Morgan fingerprint density at radius 3 is 2.28 bits per heavy atom. The number of aliphatic carboxylic acids is 1. The summed E-state index contributed by atoms with van der Waals surface area (Å²) >= 11 is 0. The molecule has 106 valence electrons. The Morgan fingerprint density at radius 1 is 1.39 bits per heavy atom. The number of nitrogens with two attached hydrogens (primary N) is 1. The quantitative estimate of drug-likeness (QED) is 0.519. The summed E-state index contributed by atoms with van der Waals surface area (Å²) in [6.07, 6.45) is -0.452. The first-order chi connectivity index (χ1) is 7.96. The van der Waals surface area contributed by atoms with Gasteiger partial charge in [-0.05, 0) is 13.8 Å². The summed E-state index contributed by atoms with van der Waals surface area (Å²) in [6.45, 7) is 2.87. The number of carboxylic acids is 1. The van der Waals surface area contributed by atoms with Crippen molar-refractivity contribution in [2.75, 3.05) is 13.6 Å². The molecule has 0 aromatic carbocycles. The van der Waals surface area contributed by atoms with Crippen LogP contribution < -0.4 is 10.5 Å². The molecule has 0 aromatic heterocycles. The molecule has 0 aliphatic heterocycles. The number of carbonyl (C=O) groups is 2. The van der Waals surface area contributed by atoms with E-state index in [1.807, 2.05) is 0 Å². The number of hydrogen-bond donors (Lipinski definition) is 3. The smallest absolute Gasteiger partial charge is 0.304 e. The van der Waals surface area contributed by atoms with E-state index in [1.54, 1.807) is 0 Å². The maximum atomic E-state index is 11.8. The summed E-state index contributed by atoms with van der Waals surface area (Å²) in [6, 6.07) is 0. The number of rotatable bonds is 8. The van der Waals surface area contributed by atoms with Gasteiger partial charge in [-0.3, -0.25) is 9.59 Å². The number of carboxylic acid groups (broad SMARTS) is 1. The van der Waals surface area contributed by atoms with E-state index in [0.717, 1.165) is 4.31 Å². The van der Waals surface area contributed by atoms with Crippen LogP contribution in [0.4, 0.5) is 0 Å². The van der Waals surface area contributed by atoms with Gasteiger partial charge < -0.3 is 10.8 Å². The third-order valence-electron chi connectivity index (χ3n) is 2.07. The van der Waals surface area contributed by atoms with Crippen molar-refractivity contribution in [2.24, 2.45) is 5.73 Å². The molecule has 0 saturated heterocycles. The molecule has 8 nitrogen and oxygen atoms in total. The fourth-order valence-electron chi connectivity index (χ4n) is 1.27. The molecule has 0 spiro atoms. The normalized spacial score (nSPS) is 12.7. The lowest BCUT2D eigenvalue weighted by Gasteiger charge is -2.27. The van der Waals surface area contributed by atoms with Crippen LogP contribution in [-0.4, -0.2) is 48.8 Å². The summed E-state index contributed by atoms with van der Waals surface area (Å²) in [5.74, 6) is -1.72. The van der Waals surface area contributed by atoms with E-state index >= 15 is 0 Å². The Labute approximate surface area is 106 Å². The minimum Gasteiger partial charge on any atom is -0.481 e. The van der Waals surface area contributed by atoms with Crippen LogP contribution in [0.5, 0.6) is 0 Å². The first-order valence-corrected chi connectivity index (χ1v) is 6.65. The van der Waals surface area contributed by atoms with E-state index in [-0.39, 0.29) is 19.4 Å². The van der Waals surface area contributed by atoms with E-state index in [0.29, 0.717) is 0 Å². The average Bonchev–Trinajstić information content (AvgIpc) is 2.09. The summed E-state index contributed by atoms with van der Waals surface area (Å²) < 4.78 is 26.8. The fourth-order valence-corrected chi connectivity index (χ4v) is 2.53. The molecular formula is C9H19N3O5S. The van der Waals surface area contributed by atoms with Crippen LogP contribution in [-0.2, 0) is 19.8 Å². The van der Waals surface area contributed by atoms with Gasteiger partial charge in [-0.1, -0.05) is 0 Å². The highest BCUT2D eigenvalue weighted by Crippen LogP contribution is 2.11. The van der Waals surface area contributed by atoms with E-state index in [4.69, 9.17) is 10.8 Å². The predicted molar refractivity (Wildman–Crippen MR) is 64.8 cm³/mol. The van der Waals surface area contributed by atoms with Gasteiger partial charge >= 0.3 is 5.97 Å². The van der Waals surface area contributed by atoms with Crippen molar-refractivity contribution in [2.45, 2.75) is 32.2 Å². The Morgan fingerprint density at radius 2 is 1.89 bits per heavy atom. The highest BCUT2D eigenvalue weighted by atomic mass is 32.2. The van der Waals surface area contributed by atoms with Gasteiger partial charge in [-0.2, -0.15) is 17.4 Å². The van der Waals surface area contributed by atoms with E-state index in [9.17, 15) is 18.0 Å². The van der Waals surface area contributed by atoms with Crippen LogP contribution >= 0.6 is 0 Å². The number of amides is 1. The Hall–Kier alpha value is -1.19. The van der Waals surface area contributed by atoms with Crippen LogP contribution in [0.1, 0.15) is 26.7 Å². The second kappa shape index (κ2) is 6.12. The number of nitrogens with one attached hydrogen (secondary N) is 1. The maximum Gasteiger partial charge on any atom is 0.304 e. The minimum absolute atomic E-state index is 0.154. The van der Waals surface area contributed by atoms with Gasteiger partial charge in [0.25, 0.3) is 10.2 Å². The topological polar surface area (TPSA) is 130 Å². The predicted octanol–water partition coefficient (Wildman–Crippen LogP) is -1.12. The summed E-state index contributed by atoms with van der Waals surface area (Å²) in [4.78, 5) is 21.1. The van der Waals surface area contributed by atoms with Gasteiger partial charge in [0.05, 0.1) is 6.42 Å². The zero-order chi connectivity index (χ0) is 14.6. The van der Waals surface area contributed by atoms with Crippen LogP contribution in [0.15, 0.2) is 0 Å². The molecule has 0 unspecified atom stereocenters. The lowest BCUT2D eigenvalue weighted by atomic mass is 10.0. The van der Waals surface area contributed by atoms with Crippen molar-refractivity contribution in [3.8, 4) is 0 Å². The third kappa shape index (κ3) is 6.52. The zero-order valence-corrected chi connectivity index (χ0v) is 11.5. The molecule has 0 aromatic rings. The van der Waals surface area contributed by atoms with E-state index in [1.165, 1.54) is 20.9 Å². The second-order valence-corrected chi connectivity index (χ2v) is 6.38. The van der Waals surface area contributed by atoms with Gasteiger partial charge in [0.15, 0.2) is 0 Å². The first kappa shape index (κ1) is 16.8. The molecule has 0 saturated carbocycles. The van der Waals surface area contributed by atoms with Gasteiger partial charge in [0.1, 0.15) is 0 Å². The minimum atomic E-state index is -3.85. The molecule has 18 heavy (non-hydrogen) atoms. The van der Waals surface area contributed by atoms with Crippen molar-refractivity contribution in [1.82, 2.24) is 9.03 Å². The molecule has 0 aliphatic rings. The standard InChI is InChI=1S/C9H19N3O5S/c1-9(2,6-7(10)13)11-18(16,17)12(3)5-4-8(14)15/h11H,4-6H2,1-3H3,(H2,10,13)(H,14,15). The lowest BCUT2D eigenvalue weighted by Crippen LogP contribution is -2.51. The highest BCUT2D eigenvalue weighted by molar-refractivity contribution is 7.87. The Balaban J connectivity index is 4.64. The van der Waals surface area contributed by atoms with Crippen LogP contribution in [0.25, 0.3) is 0 Å². The van der Waals surface area contributed by atoms with Crippen molar-refractivity contribution >= 4 is 22.1 Å². The molecule has 0 rings (SSSR count). The molecule has 0 aliphatic carbocycles. The number of nitrogens with zero attached hydrogens (tertiary/aromatic N) is 1. The maximum absolute atomic E-state index is 11.8. The lowest BCUT2D eigenvalue weighted by molar-refractivity contribution is -0.137. The molecule has 0 fully saturated rings. The van der Waals surface area contributed by atoms with Crippen LogP contribution in [0.3, 0.4) is 0 Å². The van der Waals surface area contributed by atoms with Gasteiger partial charge in [-0.25, -0.2) is 0 Å². The van der Waals surface area contributed by atoms with E-state index < -0.39 is 27.6 Å². The molecule has 0 bridgehead atoms. The van der Waals surface area contributed by atoms with Gasteiger partial charge in [0.2, 0.25) is 5.91 Å². The molecular weight excluding hydrogens is 262 g/mol. The van der Waals surface area contributed by atoms with Crippen molar-refractivity contribution in [1.29, 1.82) is 0 Å². The van der Waals surface area contributed by atoms with Crippen molar-refractivity contribution in [3.05, 3.63) is 0 Å². The van der Waals surface area contributed by atoms with E-state index in [2.05, 4.69) is 4.72 Å². The number of carbonyl (C=O) groups excluding carboxylic acids is 1. The average molecular weight is 281 g/mol. The fraction of sp³-hybridized carbons (Fsp3) is 0.778. The van der Waals surface area contributed by atoms with Gasteiger partial charge in [-0.15, -0.1) is 0 Å². The largest absolute Gasteiger partial charge is 0.481 e. The monoisotopic (exact) mass is 281 g/mol. The summed E-state index contributed by atoms with van der Waals surface area (Å²) in [5.41, 5.74) is 3.98. The summed E-state index contributed by atoms with van der Waals surface area (Å²) in [5, 5.41) is 8.48. The molecule has 0 heterocycles. The molecule has 1 amide bonds. The Bertz CT molecular complexity index is 418. The highest BCUT2D eigenvalue weighted by Gasteiger charge is 2.29. The molecule has 0 atom stereocenters. The zero-order valence-electron chi connectivity index (χ0n) is 10.6. The van der Waals surface area contributed by atoms with Crippen molar-refractivity contribution < 1.29 is 23.1 Å². The third-order valence-corrected chi connectivity index (χ3v) is 3.89. The first-order valence-electron chi connectivity index (χ1n) is 5.21. The number of primary amides is 1. The van der Waals surface area contributed by atoms with Gasteiger partial charge in [0, 0.05) is 25.6 Å². The second-order valence-electron chi connectivity index (χ2n) is 4.60. The summed E-state index contributed by atoms with van der Waals surface area (Å²) in [7, 11) is -2.59.